The normalized spacial score (nSPS) is 16.3. The number of unbranched alkanes of at least 4 members (excludes halogenated alkanes) is 2. The van der Waals surface area contributed by atoms with Gasteiger partial charge in [0.1, 0.15) is 0 Å². The summed E-state index contributed by atoms with van der Waals surface area (Å²) >= 11 is 0. The average molecular weight is 367 g/mol. The van der Waals surface area contributed by atoms with Crippen molar-refractivity contribution in [2.75, 3.05) is 18.4 Å². The van der Waals surface area contributed by atoms with E-state index in [2.05, 4.69) is 34.3 Å². The smallest absolute Gasteiger partial charge is 0.213 e. The molecule has 0 aliphatic heterocycles. The lowest BCUT2D eigenvalue weighted by atomic mass is 9.84. The molecule has 0 heterocycles. The van der Waals surface area contributed by atoms with Crippen molar-refractivity contribution in [1.82, 2.24) is 4.72 Å². The molecule has 2 rings (SSSR count). The van der Waals surface area contributed by atoms with Crippen LogP contribution in [0.1, 0.15) is 76.7 Å². The Morgan fingerprint density at radius 2 is 1.60 bits per heavy atom. The summed E-state index contributed by atoms with van der Waals surface area (Å²) in [4.78, 5) is 0. The van der Waals surface area contributed by atoms with Crippen molar-refractivity contribution in [3.8, 4) is 0 Å². The Hall–Kier alpha value is -1.07. The van der Waals surface area contributed by atoms with E-state index in [-0.39, 0.29) is 5.25 Å². The first-order valence-electron chi connectivity index (χ1n) is 9.81. The van der Waals surface area contributed by atoms with Crippen LogP contribution in [0.5, 0.6) is 0 Å². The van der Waals surface area contributed by atoms with Gasteiger partial charge in [-0.05, 0) is 63.1 Å². The largest absolute Gasteiger partial charge is 0.385 e. The highest BCUT2D eigenvalue weighted by Gasteiger charge is 2.15. The summed E-state index contributed by atoms with van der Waals surface area (Å²) in [6, 6.07) is 8.94. The zero-order valence-electron chi connectivity index (χ0n) is 15.8. The summed E-state index contributed by atoms with van der Waals surface area (Å²) in [6.45, 7) is 4.87. The van der Waals surface area contributed by atoms with Crippen LogP contribution < -0.4 is 10.0 Å². The number of benzene rings is 1. The van der Waals surface area contributed by atoms with Gasteiger partial charge in [-0.1, -0.05) is 37.8 Å². The highest BCUT2D eigenvalue weighted by molar-refractivity contribution is 7.90. The monoisotopic (exact) mass is 366 g/mol. The van der Waals surface area contributed by atoms with Crippen LogP contribution >= 0.6 is 0 Å². The lowest BCUT2D eigenvalue weighted by Crippen LogP contribution is -2.31. The number of hydrogen-bond donors (Lipinski definition) is 2. The molecule has 1 aromatic rings. The van der Waals surface area contributed by atoms with Crippen LogP contribution in [0.4, 0.5) is 5.69 Å². The van der Waals surface area contributed by atoms with Gasteiger partial charge < -0.3 is 5.32 Å². The molecule has 0 bridgehead atoms. The molecule has 0 saturated heterocycles. The zero-order chi connectivity index (χ0) is 18.1. The molecular formula is C20H34N2O2S. The summed E-state index contributed by atoms with van der Waals surface area (Å²) in [5.41, 5.74) is 2.67. The van der Waals surface area contributed by atoms with Crippen LogP contribution in [-0.2, 0) is 10.0 Å². The van der Waals surface area contributed by atoms with E-state index < -0.39 is 10.0 Å². The van der Waals surface area contributed by atoms with E-state index in [0.29, 0.717) is 6.54 Å². The quantitative estimate of drug-likeness (QED) is 0.593. The summed E-state index contributed by atoms with van der Waals surface area (Å²) in [6.07, 6.45) is 9.78. The number of rotatable bonds is 10. The minimum Gasteiger partial charge on any atom is -0.385 e. The van der Waals surface area contributed by atoms with Gasteiger partial charge in [-0.2, -0.15) is 0 Å². The fourth-order valence-corrected chi connectivity index (χ4v) is 4.11. The molecule has 0 amide bonds. The highest BCUT2D eigenvalue weighted by atomic mass is 32.2. The van der Waals surface area contributed by atoms with Crippen molar-refractivity contribution in [1.29, 1.82) is 0 Å². The van der Waals surface area contributed by atoms with Crippen LogP contribution in [-0.4, -0.2) is 26.8 Å². The Kier molecular flexibility index (Phi) is 8.24. The summed E-state index contributed by atoms with van der Waals surface area (Å²) < 4.78 is 25.9. The van der Waals surface area contributed by atoms with E-state index in [1.54, 1.807) is 13.8 Å². The molecule has 0 radical (unpaired) electrons. The second kappa shape index (κ2) is 10.2. The van der Waals surface area contributed by atoms with Crippen molar-refractivity contribution < 1.29 is 8.42 Å². The Bertz CT molecular complexity index is 591. The summed E-state index contributed by atoms with van der Waals surface area (Å²) in [5.74, 6) is 0.761. The minimum absolute atomic E-state index is 0.356. The molecule has 1 fully saturated rings. The van der Waals surface area contributed by atoms with Crippen LogP contribution in [0.15, 0.2) is 24.3 Å². The van der Waals surface area contributed by atoms with E-state index >= 15 is 0 Å². The van der Waals surface area contributed by atoms with E-state index in [9.17, 15) is 8.42 Å². The summed E-state index contributed by atoms with van der Waals surface area (Å²) in [5, 5.41) is 3.11. The maximum absolute atomic E-state index is 11.6. The third-order valence-electron chi connectivity index (χ3n) is 5.09. The van der Waals surface area contributed by atoms with Gasteiger partial charge in [0, 0.05) is 18.8 Å². The van der Waals surface area contributed by atoms with Crippen molar-refractivity contribution >= 4 is 15.7 Å². The van der Waals surface area contributed by atoms with Gasteiger partial charge in [-0.25, -0.2) is 13.1 Å². The zero-order valence-corrected chi connectivity index (χ0v) is 16.6. The standard InChI is InChI=1S/C20H34N2O2S/c1-17(2)25(23,24)22-16-8-4-7-15-21-20-13-11-19(12-14-20)18-9-5-3-6-10-18/h11-14,17-18,21-22H,3-10,15-16H2,1-2H3. The Balaban J connectivity index is 1.59. The van der Waals surface area contributed by atoms with Gasteiger partial charge in [0.05, 0.1) is 5.25 Å². The van der Waals surface area contributed by atoms with Crippen LogP contribution in [0, 0.1) is 0 Å². The fourth-order valence-electron chi connectivity index (χ4n) is 3.35. The average Bonchev–Trinajstić information content (AvgIpc) is 2.62. The van der Waals surface area contributed by atoms with E-state index in [1.807, 2.05) is 0 Å². The maximum atomic E-state index is 11.6. The molecule has 1 aliphatic carbocycles. The molecule has 0 spiro atoms. The second-order valence-electron chi connectivity index (χ2n) is 7.43. The first-order valence-corrected chi connectivity index (χ1v) is 11.4. The fraction of sp³-hybridized carbons (Fsp3) is 0.700. The SMILES string of the molecule is CC(C)S(=O)(=O)NCCCCCNc1ccc(C2CCCCC2)cc1. The molecule has 1 saturated carbocycles. The van der Waals surface area contributed by atoms with Gasteiger partial charge in [-0.15, -0.1) is 0 Å². The Labute approximate surface area is 153 Å². The van der Waals surface area contributed by atoms with Crippen molar-refractivity contribution in [2.45, 2.75) is 76.4 Å². The molecule has 1 aromatic carbocycles. The molecule has 5 heteroatoms. The number of anilines is 1. The van der Waals surface area contributed by atoms with Crippen molar-refractivity contribution in [2.24, 2.45) is 0 Å². The van der Waals surface area contributed by atoms with Gasteiger partial charge >= 0.3 is 0 Å². The van der Waals surface area contributed by atoms with E-state index in [4.69, 9.17) is 0 Å². The lowest BCUT2D eigenvalue weighted by Gasteiger charge is -2.22. The Morgan fingerprint density at radius 3 is 2.24 bits per heavy atom. The molecule has 1 aliphatic rings. The van der Waals surface area contributed by atoms with Crippen LogP contribution in [0.25, 0.3) is 0 Å². The molecule has 0 unspecified atom stereocenters. The number of sulfonamides is 1. The summed E-state index contributed by atoms with van der Waals surface area (Å²) in [7, 11) is -3.11. The first-order chi connectivity index (χ1) is 12.0. The van der Waals surface area contributed by atoms with Crippen molar-refractivity contribution in [3.05, 3.63) is 29.8 Å². The minimum atomic E-state index is -3.11. The molecule has 142 valence electrons. The second-order valence-corrected chi connectivity index (χ2v) is 9.75. The highest BCUT2D eigenvalue weighted by Crippen LogP contribution is 2.32. The van der Waals surface area contributed by atoms with Gasteiger partial charge in [-0.3, -0.25) is 0 Å². The number of nitrogens with one attached hydrogen (secondary N) is 2. The van der Waals surface area contributed by atoms with Crippen LogP contribution in [0.2, 0.25) is 0 Å². The molecular weight excluding hydrogens is 332 g/mol. The third kappa shape index (κ3) is 6.98. The topological polar surface area (TPSA) is 58.2 Å². The third-order valence-corrected chi connectivity index (χ3v) is 6.94. The predicted molar refractivity (Wildman–Crippen MR) is 107 cm³/mol. The Morgan fingerprint density at radius 1 is 0.960 bits per heavy atom. The van der Waals surface area contributed by atoms with E-state index in [1.165, 1.54) is 43.4 Å². The van der Waals surface area contributed by atoms with Gasteiger partial charge in [0.25, 0.3) is 0 Å². The van der Waals surface area contributed by atoms with E-state index in [0.717, 1.165) is 31.7 Å². The first kappa shape index (κ1) is 20.2. The molecule has 0 aromatic heterocycles. The maximum Gasteiger partial charge on any atom is 0.213 e. The molecule has 25 heavy (non-hydrogen) atoms. The lowest BCUT2D eigenvalue weighted by molar-refractivity contribution is 0.443. The molecule has 4 nitrogen and oxygen atoms in total. The molecule has 2 N–H and O–H groups in total. The van der Waals surface area contributed by atoms with Gasteiger partial charge in [0.15, 0.2) is 0 Å². The number of hydrogen-bond acceptors (Lipinski definition) is 3. The molecule has 0 atom stereocenters. The van der Waals surface area contributed by atoms with Crippen molar-refractivity contribution in [3.63, 3.8) is 0 Å². The predicted octanol–water partition coefficient (Wildman–Crippen LogP) is 4.64. The van der Waals surface area contributed by atoms with Gasteiger partial charge in [0.2, 0.25) is 10.0 Å². The van der Waals surface area contributed by atoms with Crippen LogP contribution in [0.3, 0.4) is 0 Å².